The van der Waals surface area contributed by atoms with Crippen LogP contribution >= 0.6 is 0 Å². The van der Waals surface area contributed by atoms with Crippen molar-refractivity contribution in [2.75, 3.05) is 6.61 Å². The number of allylic oxidation sites excluding steroid dienone is 3. The SMILES string of the molecule is CCCCC/C=C/CC/C=C/COC(C)=O. The van der Waals surface area contributed by atoms with Crippen LogP contribution in [0.1, 0.15) is 52.4 Å². The monoisotopic (exact) mass is 224 g/mol. The largest absolute Gasteiger partial charge is 0.462 e. The van der Waals surface area contributed by atoms with Crippen LogP contribution in [0.2, 0.25) is 0 Å². The Balaban J connectivity index is 3.22. The lowest BCUT2D eigenvalue weighted by Crippen LogP contribution is -1.97. The maximum atomic E-state index is 10.4. The van der Waals surface area contributed by atoms with Crippen molar-refractivity contribution in [2.45, 2.75) is 52.4 Å². The van der Waals surface area contributed by atoms with Crippen molar-refractivity contribution in [3.05, 3.63) is 24.3 Å². The molecule has 0 saturated heterocycles. The van der Waals surface area contributed by atoms with Gasteiger partial charge in [0, 0.05) is 6.92 Å². The highest BCUT2D eigenvalue weighted by Crippen LogP contribution is 2.01. The normalized spacial score (nSPS) is 11.4. The summed E-state index contributed by atoms with van der Waals surface area (Å²) in [5.41, 5.74) is 0. The van der Waals surface area contributed by atoms with E-state index >= 15 is 0 Å². The summed E-state index contributed by atoms with van der Waals surface area (Å²) in [4.78, 5) is 10.4. The van der Waals surface area contributed by atoms with Crippen molar-refractivity contribution in [3.8, 4) is 0 Å². The van der Waals surface area contributed by atoms with Gasteiger partial charge in [-0.1, -0.05) is 44.1 Å². The van der Waals surface area contributed by atoms with Crippen LogP contribution in [0.4, 0.5) is 0 Å². The third kappa shape index (κ3) is 12.9. The first-order valence-electron chi connectivity index (χ1n) is 6.20. The Hall–Kier alpha value is -1.05. The molecule has 0 fully saturated rings. The summed E-state index contributed by atoms with van der Waals surface area (Å²) in [6, 6.07) is 0. The van der Waals surface area contributed by atoms with Gasteiger partial charge in [-0.3, -0.25) is 4.79 Å². The second-order valence-corrected chi connectivity index (χ2v) is 3.82. The second-order valence-electron chi connectivity index (χ2n) is 3.82. The summed E-state index contributed by atoms with van der Waals surface area (Å²) in [6.45, 7) is 4.04. The Kier molecular flexibility index (Phi) is 11.2. The lowest BCUT2D eigenvalue weighted by Gasteiger charge is -1.94. The number of esters is 1. The van der Waals surface area contributed by atoms with Crippen LogP contribution in [0.15, 0.2) is 24.3 Å². The van der Waals surface area contributed by atoms with Gasteiger partial charge in [-0.15, -0.1) is 0 Å². The first-order chi connectivity index (χ1) is 7.77. The molecule has 0 aliphatic rings. The Bertz CT molecular complexity index is 217. The van der Waals surface area contributed by atoms with Gasteiger partial charge in [0.1, 0.15) is 6.61 Å². The standard InChI is InChI=1S/C14H24O2/c1-3-4-5-6-7-8-9-10-11-12-13-16-14(2)15/h7-8,11-12H,3-6,9-10,13H2,1-2H3/b8-7+,12-11+. The fraction of sp³-hybridized carbons (Fsp3) is 0.643. The fourth-order valence-corrected chi connectivity index (χ4v) is 1.29. The molecule has 0 radical (unpaired) electrons. The predicted octanol–water partition coefficient (Wildman–Crippen LogP) is 4.02. The quantitative estimate of drug-likeness (QED) is 0.336. The molecule has 16 heavy (non-hydrogen) atoms. The van der Waals surface area contributed by atoms with Crippen molar-refractivity contribution < 1.29 is 9.53 Å². The predicted molar refractivity (Wildman–Crippen MR) is 68.3 cm³/mol. The van der Waals surface area contributed by atoms with Crippen molar-refractivity contribution in [2.24, 2.45) is 0 Å². The molecule has 0 aliphatic heterocycles. The van der Waals surface area contributed by atoms with Crippen molar-refractivity contribution in [1.82, 2.24) is 0 Å². The molecule has 2 heteroatoms. The minimum atomic E-state index is -0.222. The summed E-state index contributed by atoms with van der Waals surface area (Å²) in [5, 5.41) is 0. The molecular formula is C14H24O2. The van der Waals surface area contributed by atoms with Crippen LogP contribution in [0, 0.1) is 0 Å². The number of ether oxygens (including phenoxy) is 1. The van der Waals surface area contributed by atoms with E-state index < -0.39 is 0 Å². The Morgan fingerprint density at radius 1 is 1.00 bits per heavy atom. The molecule has 0 aliphatic carbocycles. The Labute approximate surface area is 99.4 Å². The fourth-order valence-electron chi connectivity index (χ4n) is 1.29. The maximum Gasteiger partial charge on any atom is 0.302 e. The van der Waals surface area contributed by atoms with Crippen LogP contribution in [0.5, 0.6) is 0 Å². The van der Waals surface area contributed by atoms with E-state index in [2.05, 4.69) is 25.2 Å². The van der Waals surface area contributed by atoms with Gasteiger partial charge in [0.2, 0.25) is 0 Å². The molecule has 0 aromatic heterocycles. The van der Waals surface area contributed by atoms with Crippen molar-refractivity contribution >= 4 is 5.97 Å². The van der Waals surface area contributed by atoms with Gasteiger partial charge in [0.15, 0.2) is 0 Å². The van der Waals surface area contributed by atoms with Gasteiger partial charge < -0.3 is 4.74 Å². The van der Waals surface area contributed by atoms with E-state index in [1.807, 2.05) is 6.08 Å². The summed E-state index contributed by atoms with van der Waals surface area (Å²) in [5.74, 6) is -0.222. The summed E-state index contributed by atoms with van der Waals surface area (Å²) < 4.78 is 4.77. The smallest absolute Gasteiger partial charge is 0.302 e. The molecule has 0 unspecified atom stereocenters. The summed E-state index contributed by atoms with van der Waals surface area (Å²) in [6.07, 6.45) is 15.6. The molecule has 92 valence electrons. The molecule has 2 nitrogen and oxygen atoms in total. The highest BCUT2D eigenvalue weighted by molar-refractivity contribution is 5.65. The molecule has 0 aromatic carbocycles. The minimum Gasteiger partial charge on any atom is -0.462 e. The van der Waals surface area contributed by atoms with Crippen LogP contribution in [0.3, 0.4) is 0 Å². The molecule has 0 amide bonds. The lowest BCUT2D eigenvalue weighted by molar-refractivity contribution is -0.139. The number of hydrogen-bond donors (Lipinski definition) is 0. The highest BCUT2D eigenvalue weighted by Gasteiger charge is 1.86. The average molecular weight is 224 g/mol. The van der Waals surface area contributed by atoms with Crippen LogP contribution < -0.4 is 0 Å². The average Bonchev–Trinajstić information content (AvgIpc) is 2.25. The molecule has 0 bridgehead atoms. The van der Waals surface area contributed by atoms with Crippen LogP contribution in [-0.2, 0) is 9.53 Å². The second kappa shape index (κ2) is 12.0. The van der Waals surface area contributed by atoms with Gasteiger partial charge in [-0.25, -0.2) is 0 Å². The molecule has 0 heterocycles. The van der Waals surface area contributed by atoms with Gasteiger partial charge in [0.25, 0.3) is 0 Å². The molecular weight excluding hydrogens is 200 g/mol. The molecule has 0 N–H and O–H groups in total. The Morgan fingerprint density at radius 2 is 1.62 bits per heavy atom. The third-order valence-corrected chi connectivity index (χ3v) is 2.19. The summed E-state index contributed by atoms with van der Waals surface area (Å²) >= 11 is 0. The van der Waals surface area contributed by atoms with Crippen molar-refractivity contribution in [1.29, 1.82) is 0 Å². The van der Waals surface area contributed by atoms with Crippen molar-refractivity contribution in [3.63, 3.8) is 0 Å². The van der Waals surface area contributed by atoms with E-state index in [1.54, 1.807) is 0 Å². The topological polar surface area (TPSA) is 26.3 Å². The van der Waals surface area contributed by atoms with Crippen LogP contribution in [-0.4, -0.2) is 12.6 Å². The summed E-state index contributed by atoms with van der Waals surface area (Å²) in [7, 11) is 0. The van der Waals surface area contributed by atoms with Gasteiger partial charge in [-0.2, -0.15) is 0 Å². The van der Waals surface area contributed by atoms with Gasteiger partial charge in [0.05, 0.1) is 0 Å². The molecule has 0 rings (SSSR count). The van der Waals surface area contributed by atoms with E-state index in [0.29, 0.717) is 6.61 Å². The molecule has 0 atom stereocenters. The maximum absolute atomic E-state index is 10.4. The number of carbonyl (C=O) groups excluding carboxylic acids is 1. The van der Waals surface area contributed by atoms with Crippen LogP contribution in [0.25, 0.3) is 0 Å². The van der Waals surface area contributed by atoms with E-state index in [0.717, 1.165) is 12.8 Å². The molecule has 0 spiro atoms. The zero-order valence-electron chi connectivity index (χ0n) is 10.6. The highest BCUT2D eigenvalue weighted by atomic mass is 16.5. The van der Waals surface area contributed by atoms with E-state index in [9.17, 15) is 4.79 Å². The van der Waals surface area contributed by atoms with Gasteiger partial charge in [-0.05, 0) is 25.7 Å². The number of unbranched alkanes of at least 4 members (excludes halogenated alkanes) is 4. The first kappa shape index (κ1) is 14.9. The molecule has 0 aromatic rings. The lowest BCUT2D eigenvalue weighted by atomic mass is 10.2. The number of hydrogen-bond acceptors (Lipinski definition) is 2. The Morgan fingerprint density at radius 3 is 2.25 bits per heavy atom. The third-order valence-electron chi connectivity index (χ3n) is 2.19. The van der Waals surface area contributed by atoms with E-state index in [1.165, 1.54) is 32.6 Å². The number of rotatable bonds is 9. The zero-order valence-corrected chi connectivity index (χ0v) is 10.6. The van der Waals surface area contributed by atoms with Gasteiger partial charge >= 0.3 is 5.97 Å². The van der Waals surface area contributed by atoms with E-state index in [4.69, 9.17) is 4.74 Å². The number of carbonyl (C=O) groups is 1. The van der Waals surface area contributed by atoms with E-state index in [-0.39, 0.29) is 5.97 Å². The zero-order chi connectivity index (χ0) is 12.1. The minimum absolute atomic E-state index is 0.222. The molecule has 0 saturated carbocycles. The first-order valence-corrected chi connectivity index (χ1v) is 6.20.